The molecule has 14 heavy (non-hydrogen) atoms. The summed E-state index contributed by atoms with van der Waals surface area (Å²) in [5.41, 5.74) is 0. The second-order valence-corrected chi connectivity index (χ2v) is 5.18. The molecule has 0 aliphatic carbocycles. The smallest absolute Gasteiger partial charge is 0.267 e. The molecule has 85 valence electrons. The standard InChI is InChI=1S/C9H19O4S/c1-2-3-6-9(14(11,12)13)7-4-5-8-10/h9H,2-8H2,1H3,(H,11,12,13). The van der Waals surface area contributed by atoms with Gasteiger partial charge in [0.2, 0.25) is 0 Å². The molecule has 1 radical (unpaired) electrons. The largest absolute Gasteiger partial charge is 0.285 e. The summed E-state index contributed by atoms with van der Waals surface area (Å²) in [5, 5.41) is 9.49. The molecule has 1 unspecified atom stereocenters. The van der Waals surface area contributed by atoms with Gasteiger partial charge in [-0.15, -0.1) is 0 Å². The van der Waals surface area contributed by atoms with Crippen LogP contribution in [-0.4, -0.2) is 24.8 Å². The van der Waals surface area contributed by atoms with E-state index in [9.17, 15) is 13.5 Å². The Labute approximate surface area is 86.1 Å². The predicted molar refractivity (Wildman–Crippen MR) is 54.3 cm³/mol. The second-order valence-electron chi connectivity index (χ2n) is 3.48. The third-order valence-electron chi connectivity index (χ3n) is 2.22. The number of hydrogen-bond acceptors (Lipinski definition) is 2. The van der Waals surface area contributed by atoms with Crippen LogP contribution in [0.2, 0.25) is 0 Å². The van der Waals surface area contributed by atoms with E-state index in [0.717, 1.165) is 12.8 Å². The summed E-state index contributed by atoms with van der Waals surface area (Å²) >= 11 is 0. The maximum absolute atomic E-state index is 10.9. The lowest BCUT2D eigenvalue weighted by Gasteiger charge is -2.12. The van der Waals surface area contributed by atoms with Crippen LogP contribution in [0.4, 0.5) is 0 Å². The van der Waals surface area contributed by atoms with Crippen LogP contribution in [0.15, 0.2) is 0 Å². The van der Waals surface area contributed by atoms with Crippen molar-refractivity contribution in [3.8, 4) is 0 Å². The summed E-state index contributed by atoms with van der Waals surface area (Å²) in [7, 11) is -3.92. The molecule has 0 saturated heterocycles. The van der Waals surface area contributed by atoms with Crippen molar-refractivity contribution in [2.75, 3.05) is 6.61 Å². The zero-order valence-corrected chi connectivity index (χ0v) is 9.42. The quantitative estimate of drug-likeness (QED) is 0.505. The van der Waals surface area contributed by atoms with Gasteiger partial charge in [-0.05, 0) is 25.7 Å². The molecule has 0 rings (SSSR count). The fourth-order valence-electron chi connectivity index (χ4n) is 1.35. The van der Waals surface area contributed by atoms with E-state index < -0.39 is 15.4 Å². The highest BCUT2D eigenvalue weighted by Crippen LogP contribution is 2.15. The highest BCUT2D eigenvalue weighted by molar-refractivity contribution is 7.86. The van der Waals surface area contributed by atoms with Gasteiger partial charge in [0, 0.05) is 0 Å². The average Bonchev–Trinajstić information content (AvgIpc) is 2.09. The van der Waals surface area contributed by atoms with Gasteiger partial charge in [0.05, 0.1) is 11.9 Å². The minimum atomic E-state index is -3.92. The molecule has 0 saturated carbocycles. The first-order chi connectivity index (χ1) is 6.52. The van der Waals surface area contributed by atoms with E-state index in [4.69, 9.17) is 4.55 Å². The molecule has 0 aromatic carbocycles. The monoisotopic (exact) mass is 223 g/mol. The van der Waals surface area contributed by atoms with E-state index in [1.165, 1.54) is 0 Å². The zero-order valence-electron chi connectivity index (χ0n) is 8.61. The van der Waals surface area contributed by atoms with Gasteiger partial charge in [0.1, 0.15) is 0 Å². The van der Waals surface area contributed by atoms with Crippen molar-refractivity contribution in [1.29, 1.82) is 0 Å². The van der Waals surface area contributed by atoms with Crippen LogP contribution in [0.5, 0.6) is 0 Å². The molecule has 4 nitrogen and oxygen atoms in total. The summed E-state index contributed by atoms with van der Waals surface area (Å²) in [4.78, 5) is 0. The Morgan fingerprint density at radius 2 is 1.71 bits per heavy atom. The highest BCUT2D eigenvalue weighted by atomic mass is 32.2. The molecule has 0 amide bonds. The molecule has 0 aliphatic heterocycles. The predicted octanol–water partition coefficient (Wildman–Crippen LogP) is 2.03. The molecule has 0 aliphatic rings. The first kappa shape index (κ1) is 13.9. The molecule has 5 heteroatoms. The van der Waals surface area contributed by atoms with Crippen molar-refractivity contribution >= 4 is 10.1 Å². The summed E-state index contributed by atoms with van der Waals surface area (Å²) in [6, 6.07) is 0. The van der Waals surface area contributed by atoms with E-state index in [1.54, 1.807) is 0 Å². The minimum absolute atomic E-state index is 0.175. The Balaban J connectivity index is 3.99. The lowest BCUT2D eigenvalue weighted by atomic mass is 10.1. The lowest BCUT2D eigenvalue weighted by Crippen LogP contribution is -2.20. The van der Waals surface area contributed by atoms with Crippen LogP contribution < -0.4 is 0 Å². The molecular weight excluding hydrogens is 204 g/mol. The molecule has 1 N–H and O–H groups in total. The van der Waals surface area contributed by atoms with E-state index in [2.05, 4.69) is 0 Å². The normalized spacial score (nSPS) is 14.2. The van der Waals surface area contributed by atoms with Crippen LogP contribution in [0.25, 0.3) is 0 Å². The van der Waals surface area contributed by atoms with E-state index >= 15 is 0 Å². The van der Waals surface area contributed by atoms with E-state index in [-0.39, 0.29) is 6.61 Å². The minimum Gasteiger partial charge on any atom is -0.285 e. The third kappa shape index (κ3) is 6.34. The van der Waals surface area contributed by atoms with Crippen LogP contribution in [-0.2, 0) is 15.2 Å². The summed E-state index contributed by atoms with van der Waals surface area (Å²) in [6.07, 6.45) is 3.67. The Kier molecular flexibility index (Phi) is 7.13. The summed E-state index contributed by atoms with van der Waals surface area (Å²) in [5.74, 6) is 0. The van der Waals surface area contributed by atoms with Crippen LogP contribution in [0.1, 0.15) is 45.4 Å². The molecule has 0 aromatic heterocycles. The maximum Gasteiger partial charge on any atom is 0.267 e. The van der Waals surface area contributed by atoms with Gasteiger partial charge in [0.25, 0.3) is 10.1 Å². The van der Waals surface area contributed by atoms with Crippen molar-refractivity contribution in [2.45, 2.75) is 50.7 Å². The van der Waals surface area contributed by atoms with Crippen molar-refractivity contribution < 1.29 is 18.1 Å². The Morgan fingerprint density at radius 3 is 2.14 bits per heavy atom. The van der Waals surface area contributed by atoms with Crippen molar-refractivity contribution in [1.82, 2.24) is 0 Å². The number of rotatable bonds is 8. The average molecular weight is 223 g/mol. The first-order valence-corrected chi connectivity index (χ1v) is 6.57. The van der Waals surface area contributed by atoms with Crippen LogP contribution in [0, 0.1) is 0 Å². The lowest BCUT2D eigenvalue weighted by molar-refractivity contribution is 0.185. The molecule has 0 bridgehead atoms. The van der Waals surface area contributed by atoms with Gasteiger partial charge < -0.3 is 0 Å². The van der Waals surface area contributed by atoms with E-state index in [1.807, 2.05) is 6.92 Å². The third-order valence-corrected chi connectivity index (χ3v) is 3.54. The highest BCUT2D eigenvalue weighted by Gasteiger charge is 2.21. The molecule has 0 heterocycles. The molecule has 0 spiro atoms. The summed E-state index contributed by atoms with van der Waals surface area (Å²) < 4.78 is 30.7. The van der Waals surface area contributed by atoms with Gasteiger partial charge in [-0.2, -0.15) is 8.42 Å². The topological polar surface area (TPSA) is 74.3 Å². The van der Waals surface area contributed by atoms with Gasteiger partial charge in [0.15, 0.2) is 0 Å². The Bertz CT molecular complexity index is 223. The molecule has 0 fully saturated rings. The van der Waals surface area contributed by atoms with Crippen molar-refractivity contribution in [3.05, 3.63) is 0 Å². The SMILES string of the molecule is CCCCC(CCCC[O])S(=O)(=O)O. The fraction of sp³-hybridized carbons (Fsp3) is 1.00. The Hall–Kier alpha value is -0.130. The summed E-state index contributed by atoms with van der Waals surface area (Å²) in [6.45, 7) is 1.80. The molecule has 0 aromatic rings. The Morgan fingerprint density at radius 1 is 1.14 bits per heavy atom. The second kappa shape index (κ2) is 7.20. The number of unbranched alkanes of at least 4 members (excludes halogenated alkanes) is 2. The first-order valence-electron chi connectivity index (χ1n) is 5.06. The van der Waals surface area contributed by atoms with Gasteiger partial charge in [-0.1, -0.05) is 19.8 Å². The van der Waals surface area contributed by atoms with Gasteiger partial charge >= 0.3 is 0 Å². The van der Waals surface area contributed by atoms with Gasteiger partial charge in [-0.3, -0.25) is 4.55 Å². The fourth-order valence-corrected chi connectivity index (χ4v) is 2.28. The van der Waals surface area contributed by atoms with Crippen molar-refractivity contribution in [3.63, 3.8) is 0 Å². The van der Waals surface area contributed by atoms with Gasteiger partial charge in [-0.25, -0.2) is 5.11 Å². The van der Waals surface area contributed by atoms with E-state index in [0.29, 0.717) is 25.7 Å². The van der Waals surface area contributed by atoms with Crippen LogP contribution >= 0.6 is 0 Å². The maximum atomic E-state index is 10.9. The zero-order chi connectivity index (χ0) is 11.0. The van der Waals surface area contributed by atoms with Crippen LogP contribution in [0.3, 0.4) is 0 Å². The van der Waals surface area contributed by atoms with Crippen molar-refractivity contribution in [2.24, 2.45) is 0 Å². The number of hydrogen-bond donors (Lipinski definition) is 1. The molecular formula is C9H19O4S. The molecule has 1 atom stereocenters.